The smallest absolute Gasteiger partial charge is 0.168 e. The maximum atomic E-state index is 12.9. The van der Waals surface area contributed by atoms with Gasteiger partial charge in [-0.15, -0.1) is 0 Å². The van der Waals surface area contributed by atoms with Crippen LogP contribution in [-0.2, 0) is 9.59 Å². The lowest BCUT2D eigenvalue weighted by molar-refractivity contribution is -0.124. The first kappa shape index (κ1) is 23.4. The Morgan fingerprint density at radius 1 is 0.970 bits per heavy atom. The molecule has 7 heteroatoms. The van der Waals surface area contributed by atoms with Gasteiger partial charge in [0.25, 0.3) is 0 Å². The molecular weight excluding hydrogens is 418 g/mol. The van der Waals surface area contributed by atoms with E-state index in [1.807, 2.05) is 36.4 Å². The number of hydrogen-bond donors (Lipinski definition) is 2. The molecule has 7 nitrogen and oxygen atoms in total. The van der Waals surface area contributed by atoms with E-state index in [1.54, 1.807) is 13.3 Å². The van der Waals surface area contributed by atoms with E-state index in [0.717, 1.165) is 61.4 Å². The van der Waals surface area contributed by atoms with E-state index in [0.29, 0.717) is 19.4 Å². The van der Waals surface area contributed by atoms with Crippen molar-refractivity contribution < 1.29 is 19.4 Å². The number of carbonyl (C=O) groups is 2. The van der Waals surface area contributed by atoms with Crippen molar-refractivity contribution in [2.45, 2.75) is 18.8 Å². The third-order valence-electron chi connectivity index (χ3n) is 6.74. The van der Waals surface area contributed by atoms with Crippen LogP contribution in [0.3, 0.4) is 0 Å². The maximum absolute atomic E-state index is 12.9. The number of carbonyl (C=O) groups excluding carboxylic acids is 2. The number of nitrogens with one attached hydrogen (secondary N) is 1. The predicted molar refractivity (Wildman–Crippen MR) is 129 cm³/mol. The van der Waals surface area contributed by atoms with Gasteiger partial charge in [0.1, 0.15) is 5.75 Å². The number of aliphatic hydroxyl groups excluding tert-OH is 1. The molecule has 0 atom stereocenters. The second-order valence-electron chi connectivity index (χ2n) is 8.77. The molecule has 0 amide bonds. The zero-order chi connectivity index (χ0) is 23.2. The quantitative estimate of drug-likeness (QED) is 0.361. The van der Waals surface area contributed by atoms with Crippen LogP contribution in [0.25, 0.3) is 10.8 Å². The Kier molecular flexibility index (Phi) is 7.75. The number of nitrogens with zero attached hydrogens (tertiary/aromatic N) is 2. The largest absolute Gasteiger partial charge is 0.496 e. The Labute approximate surface area is 195 Å². The number of allylic oxidation sites excluding steroid dienone is 1. The van der Waals surface area contributed by atoms with E-state index in [2.05, 4.69) is 15.1 Å². The molecule has 2 N–H and O–H groups in total. The van der Waals surface area contributed by atoms with Gasteiger partial charge in [-0.2, -0.15) is 0 Å². The number of benzene rings is 2. The van der Waals surface area contributed by atoms with Crippen LogP contribution in [0.15, 0.2) is 48.2 Å². The van der Waals surface area contributed by atoms with E-state index in [1.165, 1.54) is 0 Å². The number of hydrogen-bond acceptors (Lipinski definition) is 7. The fourth-order valence-electron chi connectivity index (χ4n) is 4.88. The molecule has 1 aliphatic heterocycles. The highest BCUT2D eigenvalue weighted by Gasteiger charge is 2.32. The van der Waals surface area contributed by atoms with Crippen LogP contribution in [0.1, 0.15) is 24.3 Å². The maximum Gasteiger partial charge on any atom is 0.168 e. The SMILES string of the molecule is COc1ccc(C2CC(=O)C(=CNCCN3CCN(CCO)CC3)C(=O)C2)c2ccccc12. The topological polar surface area (TPSA) is 82.1 Å². The summed E-state index contributed by atoms with van der Waals surface area (Å²) >= 11 is 0. The Morgan fingerprint density at radius 2 is 1.61 bits per heavy atom. The lowest BCUT2D eigenvalue weighted by Gasteiger charge is -2.34. The summed E-state index contributed by atoms with van der Waals surface area (Å²) in [5.41, 5.74) is 1.32. The summed E-state index contributed by atoms with van der Waals surface area (Å²) in [5, 5.41) is 14.3. The number of aliphatic hydroxyl groups is 1. The fraction of sp³-hybridized carbons (Fsp3) is 0.462. The summed E-state index contributed by atoms with van der Waals surface area (Å²) in [7, 11) is 1.65. The summed E-state index contributed by atoms with van der Waals surface area (Å²) in [5.74, 6) is 0.484. The highest BCUT2D eigenvalue weighted by Crippen LogP contribution is 2.38. The van der Waals surface area contributed by atoms with Crippen molar-refractivity contribution in [2.75, 3.05) is 59.5 Å². The van der Waals surface area contributed by atoms with E-state index >= 15 is 0 Å². The van der Waals surface area contributed by atoms with Crippen LogP contribution in [0.4, 0.5) is 0 Å². The molecule has 4 rings (SSSR count). The molecule has 1 saturated heterocycles. The Balaban J connectivity index is 1.34. The fourth-order valence-corrected chi connectivity index (χ4v) is 4.88. The lowest BCUT2D eigenvalue weighted by atomic mass is 9.78. The van der Waals surface area contributed by atoms with Crippen molar-refractivity contribution in [3.8, 4) is 5.75 Å². The molecule has 33 heavy (non-hydrogen) atoms. The van der Waals surface area contributed by atoms with Crippen LogP contribution in [-0.4, -0.2) is 86.0 Å². The molecule has 0 spiro atoms. The van der Waals surface area contributed by atoms with E-state index in [4.69, 9.17) is 9.84 Å². The molecule has 1 heterocycles. The number of β-amino-alcohol motifs (C(OH)–C–C–N with tert-alkyl or cyclic N) is 1. The number of fused-ring (bicyclic) bond motifs is 1. The number of ketones is 2. The van der Waals surface area contributed by atoms with Crippen molar-refractivity contribution in [1.29, 1.82) is 0 Å². The van der Waals surface area contributed by atoms with Gasteiger partial charge in [-0.05, 0) is 22.9 Å². The van der Waals surface area contributed by atoms with Gasteiger partial charge < -0.3 is 15.2 Å². The summed E-state index contributed by atoms with van der Waals surface area (Å²) in [4.78, 5) is 30.3. The highest BCUT2D eigenvalue weighted by atomic mass is 16.5. The molecule has 2 aromatic rings. The molecule has 0 aromatic heterocycles. The zero-order valence-electron chi connectivity index (χ0n) is 19.3. The van der Waals surface area contributed by atoms with Crippen molar-refractivity contribution in [3.05, 3.63) is 53.7 Å². The third kappa shape index (κ3) is 5.43. The number of rotatable bonds is 8. The molecule has 0 unspecified atom stereocenters. The minimum absolute atomic E-state index is 0.0960. The van der Waals surface area contributed by atoms with Crippen molar-refractivity contribution in [1.82, 2.24) is 15.1 Å². The summed E-state index contributed by atoms with van der Waals surface area (Å²) in [6, 6.07) is 11.9. The van der Waals surface area contributed by atoms with Gasteiger partial charge in [-0.1, -0.05) is 30.3 Å². The third-order valence-corrected chi connectivity index (χ3v) is 6.74. The molecule has 2 aliphatic rings. The summed E-state index contributed by atoms with van der Waals surface area (Å²) < 4.78 is 5.48. The normalized spacial score (nSPS) is 20.3. The first-order chi connectivity index (χ1) is 16.1. The molecular formula is C26H33N3O4. The molecule has 0 radical (unpaired) electrons. The Hall–Kier alpha value is -2.74. The predicted octanol–water partition coefficient (Wildman–Crippen LogP) is 1.95. The first-order valence-corrected chi connectivity index (χ1v) is 11.7. The minimum Gasteiger partial charge on any atom is -0.496 e. The van der Waals surface area contributed by atoms with Crippen LogP contribution in [0, 0.1) is 0 Å². The molecule has 176 valence electrons. The zero-order valence-corrected chi connectivity index (χ0v) is 19.3. The standard InChI is InChI=1S/C26H33N3O4/c1-33-26-7-6-20(21-4-2-3-5-22(21)26)19-16-24(31)23(25(32)17-19)18-27-8-9-28-10-12-29(13-11-28)14-15-30/h2-7,18-19,27,30H,8-17H2,1H3. The second-order valence-corrected chi connectivity index (χ2v) is 8.77. The minimum atomic E-state index is -0.117. The Morgan fingerprint density at radius 3 is 2.24 bits per heavy atom. The van der Waals surface area contributed by atoms with Crippen LogP contribution < -0.4 is 10.1 Å². The average molecular weight is 452 g/mol. The number of piperazine rings is 1. The van der Waals surface area contributed by atoms with Crippen molar-refractivity contribution in [3.63, 3.8) is 0 Å². The molecule has 2 aromatic carbocycles. The Bertz CT molecular complexity index is 1010. The van der Waals surface area contributed by atoms with Gasteiger partial charge in [-0.3, -0.25) is 19.4 Å². The van der Waals surface area contributed by atoms with Gasteiger partial charge in [0.2, 0.25) is 0 Å². The van der Waals surface area contributed by atoms with Crippen LogP contribution >= 0.6 is 0 Å². The van der Waals surface area contributed by atoms with E-state index in [9.17, 15) is 9.59 Å². The van der Waals surface area contributed by atoms with Gasteiger partial charge in [0.05, 0.1) is 19.3 Å². The molecule has 2 fully saturated rings. The number of ether oxygens (including phenoxy) is 1. The molecule has 1 aliphatic carbocycles. The molecule has 0 bridgehead atoms. The van der Waals surface area contributed by atoms with Crippen LogP contribution in [0.2, 0.25) is 0 Å². The van der Waals surface area contributed by atoms with E-state index in [-0.39, 0.29) is 29.7 Å². The second kappa shape index (κ2) is 10.9. The van der Waals surface area contributed by atoms with Crippen molar-refractivity contribution >= 4 is 22.3 Å². The number of Topliss-reactive ketones (excluding diaryl/α,β-unsaturated/α-hetero) is 2. The van der Waals surface area contributed by atoms with Gasteiger partial charge in [-0.25, -0.2) is 0 Å². The first-order valence-electron chi connectivity index (χ1n) is 11.7. The van der Waals surface area contributed by atoms with Gasteiger partial charge in [0, 0.05) is 70.2 Å². The number of methoxy groups -OCH3 is 1. The average Bonchev–Trinajstić information content (AvgIpc) is 2.83. The monoisotopic (exact) mass is 451 g/mol. The molecule has 1 saturated carbocycles. The highest BCUT2D eigenvalue weighted by molar-refractivity contribution is 6.22. The van der Waals surface area contributed by atoms with Gasteiger partial charge in [0.15, 0.2) is 11.6 Å². The van der Waals surface area contributed by atoms with Crippen molar-refractivity contribution in [2.24, 2.45) is 0 Å². The van der Waals surface area contributed by atoms with Gasteiger partial charge >= 0.3 is 0 Å². The van der Waals surface area contributed by atoms with Crippen LogP contribution in [0.5, 0.6) is 5.75 Å². The lowest BCUT2D eigenvalue weighted by Crippen LogP contribution is -2.48. The summed E-state index contributed by atoms with van der Waals surface area (Å²) in [6.07, 6.45) is 2.29. The van der Waals surface area contributed by atoms with E-state index < -0.39 is 0 Å². The summed E-state index contributed by atoms with van der Waals surface area (Å²) in [6.45, 7) is 6.33.